The van der Waals surface area contributed by atoms with E-state index in [1.54, 1.807) is 28.2 Å². The molecule has 158 valence electrons. The van der Waals surface area contributed by atoms with Crippen molar-refractivity contribution in [3.63, 3.8) is 0 Å². The quantitative estimate of drug-likeness (QED) is 0.380. The van der Waals surface area contributed by atoms with Gasteiger partial charge in [-0.2, -0.15) is 14.4 Å². The number of aliphatic hydroxyl groups excluding tert-OH is 1. The molecule has 0 unspecified atom stereocenters. The smallest absolute Gasteiger partial charge is 0.345 e. The zero-order valence-corrected chi connectivity index (χ0v) is 17.4. The van der Waals surface area contributed by atoms with E-state index in [1.165, 1.54) is 20.2 Å². The van der Waals surface area contributed by atoms with Crippen LogP contribution in [0.1, 0.15) is 12.6 Å². The first-order valence-electron chi connectivity index (χ1n) is 8.64. The summed E-state index contributed by atoms with van der Waals surface area (Å²) in [5, 5.41) is 9.98. The average Bonchev–Trinajstić information content (AvgIpc) is 3.23. The molecule has 2 aromatic heterocycles. The minimum Gasteiger partial charge on any atom is -0.392 e. The van der Waals surface area contributed by atoms with Crippen molar-refractivity contribution in [3.05, 3.63) is 12.4 Å². The number of halogens is 1. The van der Waals surface area contributed by atoms with Crippen LogP contribution >= 0.6 is 7.67 Å². The van der Waals surface area contributed by atoms with Gasteiger partial charge >= 0.3 is 13.7 Å². The normalized spacial score (nSPS) is 25.2. The molecule has 1 saturated heterocycles. The number of ether oxygens (including phenoxy) is 1. The van der Waals surface area contributed by atoms with Crippen LogP contribution in [0.3, 0.4) is 0 Å². The third-order valence-electron chi connectivity index (χ3n) is 4.77. The van der Waals surface area contributed by atoms with Crippen LogP contribution < -0.4 is 5.73 Å². The van der Waals surface area contributed by atoms with Crippen LogP contribution in [0.4, 0.5) is 10.2 Å². The van der Waals surface area contributed by atoms with E-state index in [1.807, 2.05) is 0 Å². The number of nitrogens with two attached hydrogens (primary N) is 1. The first-order chi connectivity index (χ1) is 13.6. The lowest BCUT2D eigenvalue weighted by atomic mass is 9.99. The lowest BCUT2D eigenvalue weighted by Crippen LogP contribution is -2.44. The lowest BCUT2D eigenvalue weighted by Gasteiger charge is -2.35. The number of terminal acetylenes is 1. The zero-order chi connectivity index (χ0) is 21.6. The molecule has 0 aliphatic carbocycles. The Bertz CT molecular complexity index is 995. The summed E-state index contributed by atoms with van der Waals surface area (Å²) >= 11 is 0. The van der Waals surface area contributed by atoms with Crippen LogP contribution in [0.2, 0.25) is 0 Å². The van der Waals surface area contributed by atoms with Crippen LogP contribution in [0.15, 0.2) is 6.33 Å². The van der Waals surface area contributed by atoms with Gasteiger partial charge in [0.2, 0.25) is 0 Å². The molecule has 11 nitrogen and oxygen atoms in total. The second-order valence-corrected chi connectivity index (χ2v) is 9.77. The second-order valence-electron chi connectivity index (χ2n) is 6.98. The first-order valence-corrected chi connectivity index (χ1v) is 10.2. The van der Waals surface area contributed by atoms with Crippen molar-refractivity contribution >= 4 is 24.7 Å². The Balaban J connectivity index is 2.02. The molecule has 13 heteroatoms. The van der Waals surface area contributed by atoms with Gasteiger partial charge in [0.1, 0.15) is 12.3 Å². The van der Waals surface area contributed by atoms with E-state index in [-0.39, 0.29) is 23.4 Å². The summed E-state index contributed by atoms with van der Waals surface area (Å²) < 4.78 is 43.1. The molecule has 0 spiro atoms. The van der Waals surface area contributed by atoms with E-state index in [0.717, 1.165) is 0 Å². The maximum absolute atomic E-state index is 13.7. The molecule has 0 bridgehead atoms. The molecule has 3 N–H and O–H groups in total. The number of nitrogen functional groups attached to an aromatic ring is 1. The summed E-state index contributed by atoms with van der Waals surface area (Å²) in [6.45, 7) is -0.580. The summed E-state index contributed by atoms with van der Waals surface area (Å²) in [6.07, 6.45) is 4.35. The molecule has 0 aromatic carbocycles. The predicted octanol–water partition coefficient (Wildman–Crippen LogP) is 0.447. The fraction of sp³-hybridized carbons (Fsp3) is 0.562. The molecule has 0 saturated carbocycles. The number of aromatic nitrogens is 4. The Morgan fingerprint density at radius 3 is 2.69 bits per heavy atom. The second kappa shape index (κ2) is 7.60. The van der Waals surface area contributed by atoms with Crippen LogP contribution in [0, 0.1) is 18.4 Å². The molecule has 3 heterocycles. The van der Waals surface area contributed by atoms with Gasteiger partial charge in [-0.15, -0.1) is 6.42 Å². The van der Waals surface area contributed by atoms with E-state index in [0.29, 0.717) is 0 Å². The number of fused-ring (bicyclic) bond motifs is 1. The standard InChI is InChI=1S/C16H23FN7O4P/c1-6-16(8-25)10(28-29(26,22(2)3)23(4)5)7-11(27-16)24-9-19-12-13(18)20-15(17)21-14(12)24/h1,9-11,25H,7-8H2,2-5H3,(H2,18,20,21)/t10-,11+,16+/m0/s1. The Morgan fingerprint density at radius 1 is 1.48 bits per heavy atom. The van der Waals surface area contributed by atoms with Gasteiger partial charge < -0.3 is 15.6 Å². The maximum atomic E-state index is 13.7. The van der Waals surface area contributed by atoms with E-state index < -0.39 is 38.3 Å². The van der Waals surface area contributed by atoms with Crippen LogP contribution in [0.25, 0.3) is 11.2 Å². The molecule has 1 fully saturated rings. The number of hydrogen-bond donors (Lipinski definition) is 2. The van der Waals surface area contributed by atoms with Crippen molar-refractivity contribution in [1.29, 1.82) is 0 Å². The van der Waals surface area contributed by atoms with Crippen molar-refractivity contribution < 1.29 is 23.3 Å². The Hall–Kier alpha value is -2.13. The van der Waals surface area contributed by atoms with Gasteiger partial charge in [-0.25, -0.2) is 14.3 Å². The Morgan fingerprint density at radius 2 is 2.14 bits per heavy atom. The van der Waals surface area contributed by atoms with Gasteiger partial charge in [0.15, 0.2) is 22.6 Å². The van der Waals surface area contributed by atoms with Crippen LogP contribution in [0.5, 0.6) is 0 Å². The number of hydrogen-bond acceptors (Lipinski definition) is 8. The third-order valence-corrected chi connectivity index (χ3v) is 7.32. The van der Waals surface area contributed by atoms with Crippen molar-refractivity contribution in [3.8, 4) is 12.3 Å². The van der Waals surface area contributed by atoms with Crippen molar-refractivity contribution in [1.82, 2.24) is 28.9 Å². The number of nitrogens with zero attached hydrogens (tertiary/aromatic N) is 6. The number of aliphatic hydroxyl groups is 1. The molecule has 1 aliphatic rings. The Kier molecular flexibility index (Phi) is 5.66. The summed E-state index contributed by atoms with van der Waals surface area (Å²) in [4.78, 5) is 11.3. The highest BCUT2D eigenvalue weighted by molar-refractivity contribution is 7.53. The van der Waals surface area contributed by atoms with Crippen molar-refractivity contribution in [2.24, 2.45) is 0 Å². The van der Waals surface area contributed by atoms with E-state index >= 15 is 0 Å². The highest BCUT2D eigenvalue weighted by Crippen LogP contribution is 2.55. The molecule has 3 rings (SSSR count). The first kappa shape index (κ1) is 21.6. The molecule has 2 aromatic rings. The zero-order valence-electron chi connectivity index (χ0n) is 16.5. The minimum atomic E-state index is -3.44. The maximum Gasteiger partial charge on any atom is 0.345 e. The number of imidazole rings is 1. The van der Waals surface area contributed by atoms with Crippen LogP contribution in [-0.4, -0.2) is 80.5 Å². The van der Waals surface area contributed by atoms with E-state index in [9.17, 15) is 14.1 Å². The summed E-state index contributed by atoms with van der Waals surface area (Å²) in [6, 6.07) is 0. The van der Waals surface area contributed by atoms with Gasteiger partial charge in [0, 0.05) is 6.42 Å². The van der Waals surface area contributed by atoms with Gasteiger partial charge in [-0.1, -0.05) is 5.92 Å². The molecular formula is C16H23FN7O4P. The fourth-order valence-corrected chi connectivity index (χ4v) is 4.86. The van der Waals surface area contributed by atoms with Crippen molar-refractivity contribution in [2.45, 2.75) is 24.4 Å². The summed E-state index contributed by atoms with van der Waals surface area (Å²) in [5.41, 5.74) is 4.43. The number of rotatable bonds is 6. The van der Waals surface area contributed by atoms with Gasteiger partial charge in [-0.3, -0.25) is 13.7 Å². The predicted molar refractivity (Wildman–Crippen MR) is 103 cm³/mol. The Labute approximate surface area is 167 Å². The molecular weight excluding hydrogens is 404 g/mol. The monoisotopic (exact) mass is 427 g/mol. The highest BCUT2D eigenvalue weighted by atomic mass is 31.2. The SMILES string of the molecule is C#C[C@]1(CO)O[C@@H](n2cnc3c(N)nc(F)nc32)C[C@@H]1OP(=O)(N(C)C)N(C)C. The highest BCUT2D eigenvalue weighted by Gasteiger charge is 2.52. The van der Waals surface area contributed by atoms with Gasteiger partial charge in [0.25, 0.3) is 0 Å². The molecule has 0 amide bonds. The molecule has 29 heavy (non-hydrogen) atoms. The van der Waals surface area contributed by atoms with E-state index in [4.69, 9.17) is 21.4 Å². The van der Waals surface area contributed by atoms with Gasteiger partial charge in [-0.05, 0) is 28.2 Å². The minimum absolute atomic E-state index is 0.105. The summed E-state index contributed by atoms with van der Waals surface area (Å²) in [7, 11) is 2.99. The van der Waals surface area contributed by atoms with Gasteiger partial charge in [0.05, 0.1) is 12.9 Å². The molecule has 0 radical (unpaired) electrons. The summed E-state index contributed by atoms with van der Waals surface area (Å²) in [5.74, 6) is 2.30. The number of anilines is 1. The average molecular weight is 427 g/mol. The van der Waals surface area contributed by atoms with Crippen molar-refractivity contribution in [2.75, 3.05) is 40.5 Å². The molecule has 1 aliphatic heterocycles. The lowest BCUT2D eigenvalue weighted by molar-refractivity contribution is -0.0860. The van der Waals surface area contributed by atoms with E-state index in [2.05, 4.69) is 20.9 Å². The molecule has 3 atom stereocenters. The van der Waals surface area contributed by atoms with Crippen LogP contribution in [-0.2, 0) is 13.8 Å². The topological polar surface area (TPSA) is 132 Å². The third kappa shape index (κ3) is 3.50. The fourth-order valence-electron chi connectivity index (χ4n) is 3.18. The largest absolute Gasteiger partial charge is 0.392 e.